The minimum absolute atomic E-state index is 0.217. The monoisotopic (exact) mass is 342 g/mol. The minimum atomic E-state index is -0.878. The Kier molecular flexibility index (Phi) is 5.09. The maximum atomic E-state index is 12.4. The van der Waals surface area contributed by atoms with Gasteiger partial charge in [0.25, 0.3) is 0 Å². The van der Waals surface area contributed by atoms with Crippen LogP contribution in [0, 0.1) is 0 Å². The lowest BCUT2D eigenvalue weighted by Gasteiger charge is -2.29. The number of benzene rings is 2. The highest BCUT2D eigenvalue weighted by molar-refractivity contribution is 5.90. The molecule has 0 radical (unpaired) electrons. The summed E-state index contributed by atoms with van der Waals surface area (Å²) in [5, 5.41) is 15.4. The molecule has 3 rings (SSSR count). The van der Waals surface area contributed by atoms with Crippen molar-refractivity contribution in [3.63, 3.8) is 0 Å². The fraction of sp³-hybridized carbons (Fsp3) is 0.316. The van der Waals surface area contributed by atoms with Gasteiger partial charge in [0, 0.05) is 18.2 Å². The predicted octanol–water partition coefficient (Wildman–Crippen LogP) is 2.88. The van der Waals surface area contributed by atoms with Gasteiger partial charge >= 0.3 is 6.03 Å². The van der Waals surface area contributed by atoms with Crippen LogP contribution in [0.15, 0.2) is 48.5 Å². The van der Waals surface area contributed by atoms with E-state index >= 15 is 0 Å². The van der Waals surface area contributed by atoms with Gasteiger partial charge < -0.3 is 25.2 Å². The molecule has 0 aromatic heterocycles. The van der Waals surface area contributed by atoms with Gasteiger partial charge in [-0.1, -0.05) is 30.3 Å². The summed E-state index contributed by atoms with van der Waals surface area (Å²) in [6.45, 7) is 2.76. The van der Waals surface area contributed by atoms with E-state index in [4.69, 9.17) is 9.47 Å². The van der Waals surface area contributed by atoms with Crippen molar-refractivity contribution in [3.8, 4) is 11.5 Å². The smallest absolute Gasteiger partial charge is 0.320 e. The van der Waals surface area contributed by atoms with Crippen LogP contribution in [0.25, 0.3) is 0 Å². The molecule has 3 N–H and O–H groups in total. The van der Waals surface area contributed by atoms with Crippen LogP contribution in [0.4, 0.5) is 10.5 Å². The number of nitrogens with one attached hydrogen (secondary N) is 2. The summed E-state index contributed by atoms with van der Waals surface area (Å²) < 4.78 is 11.2. The summed E-state index contributed by atoms with van der Waals surface area (Å²) in [6, 6.07) is 14.2. The Labute approximate surface area is 146 Å². The molecule has 0 saturated carbocycles. The summed E-state index contributed by atoms with van der Waals surface area (Å²) in [4.78, 5) is 12.4. The van der Waals surface area contributed by atoms with Crippen LogP contribution < -0.4 is 20.1 Å². The standard InChI is InChI=1S/C19H22N2O4/c1-19(13-22,14-6-3-2-4-7-14)21-18(23)20-15-8-9-16-17(12-15)25-11-5-10-24-16/h2-4,6-9,12,22H,5,10-11,13H2,1H3,(H2,20,21,23)/t19-/m1/s1. The second-order valence-corrected chi connectivity index (χ2v) is 6.15. The van der Waals surface area contributed by atoms with Crippen molar-refractivity contribution in [1.29, 1.82) is 0 Å². The van der Waals surface area contributed by atoms with E-state index in [1.54, 1.807) is 25.1 Å². The Bertz CT molecular complexity index is 735. The van der Waals surface area contributed by atoms with Gasteiger partial charge in [-0.2, -0.15) is 0 Å². The van der Waals surface area contributed by atoms with Crippen molar-refractivity contribution in [3.05, 3.63) is 54.1 Å². The average molecular weight is 342 g/mol. The normalized spacial score (nSPS) is 15.6. The lowest BCUT2D eigenvalue weighted by atomic mass is 9.93. The molecule has 25 heavy (non-hydrogen) atoms. The lowest BCUT2D eigenvalue weighted by molar-refractivity contribution is 0.176. The lowest BCUT2D eigenvalue weighted by Crippen LogP contribution is -2.48. The molecule has 2 aromatic rings. The molecule has 1 heterocycles. The van der Waals surface area contributed by atoms with Gasteiger partial charge in [0.05, 0.1) is 25.4 Å². The largest absolute Gasteiger partial charge is 0.490 e. The molecule has 0 bridgehead atoms. The van der Waals surface area contributed by atoms with Gasteiger partial charge in [0.2, 0.25) is 0 Å². The molecule has 6 heteroatoms. The van der Waals surface area contributed by atoms with E-state index in [0.29, 0.717) is 30.4 Å². The number of aliphatic hydroxyl groups excluding tert-OH is 1. The maximum absolute atomic E-state index is 12.4. The number of urea groups is 1. The summed E-state index contributed by atoms with van der Waals surface area (Å²) in [5.74, 6) is 1.29. The highest BCUT2D eigenvalue weighted by Gasteiger charge is 2.27. The van der Waals surface area contributed by atoms with Gasteiger partial charge in [0.1, 0.15) is 0 Å². The number of ether oxygens (including phenoxy) is 2. The molecule has 2 amide bonds. The van der Waals surface area contributed by atoms with Crippen LogP contribution in [0.3, 0.4) is 0 Å². The second kappa shape index (κ2) is 7.44. The Morgan fingerprint density at radius 2 is 1.84 bits per heavy atom. The first-order chi connectivity index (χ1) is 12.1. The number of hydrogen-bond donors (Lipinski definition) is 3. The van der Waals surface area contributed by atoms with Crippen molar-refractivity contribution >= 4 is 11.7 Å². The van der Waals surface area contributed by atoms with Crippen LogP contribution >= 0.6 is 0 Å². The number of fused-ring (bicyclic) bond motifs is 1. The van der Waals surface area contributed by atoms with Crippen LogP contribution in [0.5, 0.6) is 11.5 Å². The molecule has 0 aliphatic carbocycles. The number of amides is 2. The van der Waals surface area contributed by atoms with Crippen LogP contribution in [-0.4, -0.2) is 31.0 Å². The summed E-state index contributed by atoms with van der Waals surface area (Å²) in [6.07, 6.45) is 0.823. The predicted molar refractivity (Wildman–Crippen MR) is 95.1 cm³/mol. The quantitative estimate of drug-likeness (QED) is 0.798. The Balaban J connectivity index is 1.71. The summed E-state index contributed by atoms with van der Waals surface area (Å²) in [7, 11) is 0. The molecule has 0 unspecified atom stereocenters. The highest BCUT2D eigenvalue weighted by Crippen LogP contribution is 2.32. The van der Waals surface area contributed by atoms with Crippen LogP contribution in [-0.2, 0) is 5.54 Å². The first-order valence-electron chi connectivity index (χ1n) is 8.26. The van der Waals surface area contributed by atoms with Gasteiger partial charge in [-0.25, -0.2) is 4.79 Å². The SMILES string of the molecule is C[C@](CO)(NC(=O)Nc1ccc2c(c1)OCCCO2)c1ccccc1. The first kappa shape index (κ1) is 17.1. The molecule has 1 aliphatic heterocycles. The van der Waals surface area contributed by atoms with Crippen molar-refractivity contribution in [2.24, 2.45) is 0 Å². The van der Waals surface area contributed by atoms with Crippen molar-refractivity contribution in [2.45, 2.75) is 18.9 Å². The molecule has 132 valence electrons. The third-order valence-corrected chi connectivity index (χ3v) is 4.12. The Morgan fingerprint density at radius 3 is 2.56 bits per heavy atom. The Morgan fingerprint density at radius 1 is 1.12 bits per heavy atom. The fourth-order valence-corrected chi connectivity index (χ4v) is 2.66. The maximum Gasteiger partial charge on any atom is 0.320 e. The average Bonchev–Trinajstić information content (AvgIpc) is 2.87. The molecular weight excluding hydrogens is 320 g/mol. The van der Waals surface area contributed by atoms with E-state index in [9.17, 15) is 9.90 Å². The molecule has 0 fully saturated rings. The zero-order valence-electron chi connectivity index (χ0n) is 14.1. The molecule has 1 aliphatic rings. The van der Waals surface area contributed by atoms with E-state index in [-0.39, 0.29) is 6.61 Å². The summed E-state index contributed by atoms with van der Waals surface area (Å²) >= 11 is 0. The highest BCUT2D eigenvalue weighted by atomic mass is 16.5. The van der Waals surface area contributed by atoms with Gasteiger partial charge in [-0.3, -0.25) is 0 Å². The van der Waals surface area contributed by atoms with E-state index in [2.05, 4.69) is 10.6 Å². The molecule has 6 nitrogen and oxygen atoms in total. The fourth-order valence-electron chi connectivity index (χ4n) is 2.66. The number of carbonyl (C=O) groups excluding carboxylic acids is 1. The van der Waals surface area contributed by atoms with Crippen molar-refractivity contribution in [1.82, 2.24) is 5.32 Å². The molecule has 0 saturated heterocycles. The minimum Gasteiger partial charge on any atom is -0.490 e. The summed E-state index contributed by atoms with van der Waals surface area (Å²) in [5.41, 5.74) is 0.540. The molecule has 0 spiro atoms. The third-order valence-electron chi connectivity index (χ3n) is 4.12. The second-order valence-electron chi connectivity index (χ2n) is 6.15. The molecule has 2 aromatic carbocycles. The Hall–Kier alpha value is -2.73. The van der Waals surface area contributed by atoms with Crippen molar-refractivity contribution in [2.75, 3.05) is 25.1 Å². The first-order valence-corrected chi connectivity index (χ1v) is 8.26. The van der Waals surface area contributed by atoms with Gasteiger partial charge in [-0.05, 0) is 24.6 Å². The number of anilines is 1. The number of aliphatic hydroxyl groups is 1. The van der Waals surface area contributed by atoms with E-state index in [0.717, 1.165) is 12.0 Å². The number of rotatable bonds is 4. The van der Waals surface area contributed by atoms with Gasteiger partial charge in [-0.15, -0.1) is 0 Å². The van der Waals surface area contributed by atoms with Crippen molar-refractivity contribution < 1.29 is 19.4 Å². The topological polar surface area (TPSA) is 79.8 Å². The van der Waals surface area contributed by atoms with Gasteiger partial charge in [0.15, 0.2) is 11.5 Å². The van der Waals surface area contributed by atoms with E-state index in [1.807, 2.05) is 30.3 Å². The zero-order chi connectivity index (χ0) is 17.7. The molecule has 1 atom stereocenters. The molecular formula is C19H22N2O4. The zero-order valence-corrected chi connectivity index (χ0v) is 14.1. The number of hydrogen-bond acceptors (Lipinski definition) is 4. The van der Waals surface area contributed by atoms with Crippen LogP contribution in [0.2, 0.25) is 0 Å². The van der Waals surface area contributed by atoms with E-state index < -0.39 is 11.6 Å². The van der Waals surface area contributed by atoms with Crippen LogP contribution in [0.1, 0.15) is 18.9 Å². The van der Waals surface area contributed by atoms with E-state index in [1.165, 1.54) is 0 Å². The third kappa shape index (κ3) is 4.03. The number of carbonyl (C=O) groups is 1.